The first kappa shape index (κ1) is 11.7. The first-order valence-electron chi connectivity index (χ1n) is 5.77. The van der Waals surface area contributed by atoms with Gasteiger partial charge in [0.2, 0.25) is 0 Å². The highest BCUT2D eigenvalue weighted by molar-refractivity contribution is 5.64. The van der Waals surface area contributed by atoms with Crippen molar-refractivity contribution in [2.24, 2.45) is 5.73 Å². The molecule has 0 bridgehead atoms. The molecule has 2 nitrogen and oxygen atoms in total. The van der Waals surface area contributed by atoms with Crippen LogP contribution in [0, 0.1) is 0 Å². The third-order valence-corrected chi connectivity index (χ3v) is 2.78. The number of hydrogen-bond donors (Lipinski definition) is 1. The molecule has 0 aliphatic rings. The van der Waals surface area contributed by atoms with Gasteiger partial charge in [-0.2, -0.15) is 0 Å². The highest BCUT2D eigenvalue weighted by atomic mass is 16.5. The van der Waals surface area contributed by atoms with Gasteiger partial charge < -0.3 is 10.5 Å². The van der Waals surface area contributed by atoms with Gasteiger partial charge in [0.1, 0.15) is 5.75 Å². The smallest absolute Gasteiger partial charge is 0.118 e. The average molecular weight is 227 g/mol. The lowest BCUT2D eigenvalue weighted by Gasteiger charge is -2.06. The molecule has 0 saturated carbocycles. The summed E-state index contributed by atoms with van der Waals surface area (Å²) in [4.78, 5) is 0. The van der Waals surface area contributed by atoms with Crippen LogP contribution in [0.15, 0.2) is 48.5 Å². The molecule has 0 aliphatic carbocycles. The van der Waals surface area contributed by atoms with E-state index < -0.39 is 0 Å². The molecule has 0 spiro atoms. The fraction of sp³-hybridized carbons (Fsp3) is 0.200. The van der Waals surface area contributed by atoms with Crippen molar-refractivity contribution in [1.82, 2.24) is 0 Å². The predicted octanol–water partition coefficient (Wildman–Crippen LogP) is 2.86. The maximum absolute atomic E-state index is 5.57. The molecule has 0 aromatic heterocycles. The van der Waals surface area contributed by atoms with E-state index in [1.54, 1.807) is 7.11 Å². The largest absolute Gasteiger partial charge is 0.497 e. The minimum Gasteiger partial charge on any atom is -0.497 e. The lowest BCUT2D eigenvalue weighted by molar-refractivity contribution is 0.415. The summed E-state index contributed by atoms with van der Waals surface area (Å²) >= 11 is 0. The third-order valence-electron chi connectivity index (χ3n) is 2.78. The van der Waals surface area contributed by atoms with Crippen molar-refractivity contribution in [3.8, 4) is 16.9 Å². The summed E-state index contributed by atoms with van der Waals surface area (Å²) in [6.45, 7) is 0.687. The van der Waals surface area contributed by atoms with Crippen LogP contribution in [0.3, 0.4) is 0 Å². The quantitative estimate of drug-likeness (QED) is 0.871. The van der Waals surface area contributed by atoms with E-state index in [2.05, 4.69) is 36.4 Å². The normalized spacial score (nSPS) is 10.2. The Morgan fingerprint density at radius 2 is 1.76 bits per heavy atom. The molecular formula is C15H17NO. The van der Waals surface area contributed by atoms with Crippen molar-refractivity contribution < 1.29 is 4.74 Å². The molecule has 0 heterocycles. The van der Waals surface area contributed by atoms with Gasteiger partial charge in [-0.25, -0.2) is 0 Å². The Balaban J connectivity index is 2.28. The maximum Gasteiger partial charge on any atom is 0.118 e. The molecule has 0 fully saturated rings. The highest BCUT2D eigenvalue weighted by Gasteiger charge is 1.99. The summed E-state index contributed by atoms with van der Waals surface area (Å²) in [5.41, 5.74) is 9.27. The van der Waals surface area contributed by atoms with E-state index in [9.17, 15) is 0 Å². The number of nitrogens with two attached hydrogens (primary N) is 1. The van der Waals surface area contributed by atoms with Gasteiger partial charge in [-0.1, -0.05) is 36.4 Å². The molecule has 2 heteroatoms. The van der Waals surface area contributed by atoms with Crippen molar-refractivity contribution >= 4 is 0 Å². The number of hydrogen-bond acceptors (Lipinski definition) is 2. The summed E-state index contributed by atoms with van der Waals surface area (Å²) in [7, 11) is 1.68. The van der Waals surface area contributed by atoms with Gasteiger partial charge in [0.25, 0.3) is 0 Å². The molecule has 0 radical (unpaired) electrons. The Hall–Kier alpha value is -1.80. The van der Waals surface area contributed by atoms with Crippen molar-refractivity contribution in [2.75, 3.05) is 13.7 Å². The van der Waals surface area contributed by atoms with E-state index in [4.69, 9.17) is 10.5 Å². The molecule has 0 amide bonds. The van der Waals surface area contributed by atoms with E-state index >= 15 is 0 Å². The molecule has 2 rings (SSSR count). The van der Waals surface area contributed by atoms with Crippen LogP contribution >= 0.6 is 0 Å². The molecule has 2 aromatic rings. The summed E-state index contributed by atoms with van der Waals surface area (Å²) in [5.74, 6) is 0.881. The Kier molecular flexibility index (Phi) is 3.78. The predicted molar refractivity (Wildman–Crippen MR) is 71.2 cm³/mol. The van der Waals surface area contributed by atoms with E-state index in [1.165, 1.54) is 16.7 Å². The minimum atomic E-state index is 0.687. The van der Waals surface area contributed by atoms with Crippen LogP contribution in [0.5, 0.6) is 5.75 Å². The zero-order valence-corrected chi connectivity index (χ0v) is 10.0. The summed E-state index contributed by atoms with van der Waals surface area (Å²) < 4.78 is 5.15. The molecule has 0 aliphatic heterocycles. The number of methoxy groups -OCH3 is 1. The first-order chi connectivity index (χ1) is 8.33. The Morgan fingerprint density at radius 1 is 1.00 bits per heavy atom. The maximum atomic E-state index is 5.57. The Morgan fingerprint density at radius 3 is 2.41 bits per heavy atom. The van der Waals surface area contributed by atoms with Crippen LogP contribution < -0.4 is 10.5 Å². The minimum absolute atomic E-state index is 0.687. The number of rotatable bonds is 4. The number of benzene rings is 2. The second-order valence-corrected chi connectivity index (χ2v) is 3.97. The second-order valence-electron chi connectivity index (χ2n) is 3.97. The summed E-state index contributed by atoms with van der Waals surface area (Å²) in [6.07, 6.45) is 0.921. The third kappa shape index (κ3) is 2.86. The van der Waals surface area contributed by atoms with Crippen LogP contribution in [-0.2, 0) is 6.42 Å². The van der Waals surface area contributed by atoms with Crippen molar-refractivity contribution in [2.45, 2.75) is 6.42 Å². The topological polar surface area (TPSA) is 35.2 Å². The van der Waals surface area contributed by atoms with Gasteiger partial charge in [0.05, 0.1) is 7.11 Å². The number of ether oxygens (including phenoxy) is 1. The summed E-state index contributed by atoms with van der Waals surface area (Å²) in [5, 5.41) is 0. The fourth-order valence-corrected chi connectivity index (χ4v) is 1.86. The molecule has 88 valence electrons. The van der Waals surface area contributed by atoms with Crippen molar-refractivity contribution in [1.29, 1.82) is 0 Å². The zero-order chi connectivity index (χ0) is 12.1. The standard InChI is InChI=1S/C15H17NO/c1-17-15-7-5-13(6-8-15)14-4-2-3-12(11-14)9-10-16/h2-8,11H,9-10,16H2,1H3. The molecule has 0 unspecified atom stereocenters. The van der Waals surface area contributed by atoms with Crippen molar-refractivity contribution in [3.63, 3.8) is 0 Å². The van der Waals surface area contributed by atoms with Gasteiger partial charge in [-0.3, -0.25) is 0 Å². The van der Waals surface area contributed by atoms with Crippen LogP contribution in [0.1, 0.15) is 5.56 Å². The molecule has 2 N–H and O–H groups in total. The van der Waals surface area contributed by atoms with Gasteiger partial charge in [-0.05, 0) is 41.8 Å². The van der Waals surface area contributed by atoms with Gasteiger partial charge in [-0.15, -0.1) is 0 Å². The van der Waals surface area contributed by atoms with Crippen LogP contribution in [0.4, 0.5) is 0 Å². The zero-order valence-electron chi connectivity index (χ0n) is 10.0. The van der Waals surface area contributed by atoms with E-state index in [1.807, 2.05) is 12.1 Å². The molecule has 2 aromatic carbocycles. The monoisotopic (exact) mass is 227 g/mol. The fourth-order valence-electron chi connectivity index (χ4n) is 1.86. The van der Waals surface area contributed by atoms with Crippen molar-refractivity contribution in [3.05, 3.63) is 54.1 Å². The molecule has 17 heavy (non-hydrogen) atoms. The average Bonchev–Trinajstić information content (AvgIpc) is 2.40. The molecular weight excluding hydrogens is 210 g/mol. The molecule has 0 atom stereocenters. The lowest BCUT2D eigenvalue weighted by atomic mass is 10.0. The summed E-state index contributed by atoms with van der Waals surface area (Å²) in [6, 6.07) is 16.6. The van der Waals surface area contributed by atoms with Crippen LogP contribution in [0.2, 0.25) is 0 Å². The first-order valence-corrected chi connectivity index (χ1v) is 5.77. The molecule has 0 saturated heterocycles. The lowest BCUT2D eigenvalue weighted by Crippen LogP contribution is -2.02. The SMILES string of the molecule is COc1ccc(-c2cccc(CCN)c2)cc1. The Labute approximate surface area is 102 Å². The van der Waals surface area contributed by atoms with Crippen LogP contribution in [0.25, 0.3) is 11.1 Å². The second kappa shape index (κ2) is 5.51. The van der Waals surface area contributed by atoms with Gasteiger partial charge in [0.15, 0.2) is 0 Å². The van der Waals surface area contributed by atoms with Crippen LogP contribution in [-0.4, -0.2) is 13.7 Å². The van der Waals surface area contributed by atoms with Gasteiger partial charge in [0, 0.05) is 0 Å². The van der Waals surface area contributed by atoms with E-state index in [0.717, 1.165) is 12.2 Å². The van der Waals surface area contributed by atoms with E-state index in [-0.39, 0.29) is 0 Å². The van der Waals surface area contributed by atoms with E-state index in [0.29, 0.717) is 6.54 Å². The highest BCUT2D eigenvalue weighted by Crippen LogP contribution is 2.23. The van der Waals surface area contributed by atoms with Gasteiger partial charge >= 0.3 is 0 Å². The Bertz CT molecular complexity index is 477.